The summed E-state index contributed by atoms with van der Waals surface area (Å²) in [4.78, 5) is 26.6. The number of ether oxygens (including phenoxy) is 2. The summed E-state index contributed by atoms with van der Waals surface area (Å²) in [6.45, 7) is 13.5. The molecule has 0 aromatic heterocycles. The maximum atomic E-state index is 12.6. The first kappa shape index (κ1) is 24.5. The molecule has 0 spiro atoms. The number of carbonyl (C=O) groups is 2. The van der Waals surface area contributed by atoms with Crippen molar-refractivity contribution in [2.24, 2.45) is 40.4 Å². The first-order chi connectivity index (χ1) is 16.2. The van der Waals surface area contributed by atoms with Crippen LogP contribution in [0.4, 0.5) is 0 Å². The lowest BCUT2D eigenvalue weighted by atomic mass is 9.47. The second-order valence-corrected chi connectivity index (χ2v) is 12.8. The Morgan fingerprint density at radius 2 is 1.91 bits per heavy atom. The first-order valence-corrected chi connectivity index (χ1v) is 14.0. The number of hydrogen-bond donors (Lipinski definition) is 1. The van der Waals surface area contributed by atoms with E-state index in [2.05, 4.69) is 26.8 Å². The third-order valence-electron chi connectivity index (χ3n) is 11.0. The fourth-order valence-corrected chi connectivity index (χ4v) is 9.39. The Kier molecular flexibility index (Phi) is 6.74. The minimum Gasteiger partial charge on any atom is -0.462 e. The lowest BCUT2D eigenvalue weighted by Gasteiger charge is -2.58. The molecule has 8 atom stereocenters. The number of esters is 1. The van der Waals surface area contributed by atoms with Crippen LogP contribution in [-0.2, 0) is 19.1 Å². The van der Waals surface area contributed by atoms with Crippen LogP contribution in [-0.4, -0.2) is 50.7 Å². The number of allylic oxidation sites excluding steroid dienone is 1. The van der Waals surface area contributed by atoms with Crippen molar-refractivity contribution in [3.8, 4) is 0 Å². The quantitative estimate of drug-likeness (QED) is 0.491. The monoisotopic (exact) mass is 472 g/mol. The Morgan fingerprint density at radius 3 is 2.65 bits per heavy atom. The summed E-state index contributed by atoms with van der Waals surface area (Å²) in [6.07, 6.45) is 10.9. The predicted molar refractivity (Wildman–Crippen MR) is 131 cm³/mol. The molecular formula is C29H46NO4+. The molecule has 3 saturated carbocycles. The van der Waals surface area contributed by atoms with Gasteiger partial charge < -0.3 is 14.4 Å². The van der Waals surface area contributed by atoms with E-state index in [0.717, 1.165) is 58.5 Å². The van der Waals surface area contributed by atoms with Crippen molar-refractivity contribution in [2.75, 3.05) is 32.8 Å². The maximum Gasteiger partial charge on any atom is 0.311 e. The molecule has 1 heterocycles. The highest BCUT2D eigenvalue weighted by atomic mass is 16.5. The van der Waals surface area contributed by atoms with Crippen LogP contribution in [0.2, 0.25) is 0 Å². The van der Waals surface area contributed by atoms with E-state index >= 15 is 0 Å². The Hall–Kier alpha value is -1.20. The smallest absolute Gasteiger partial charge is 0.311 e. The van der Waals surface area contributed by atoms with E-state index in [1.54, 1.807) is 5.57 Å². The molecule has 0 amide bonds. The SMILES string of the molecule is CC(=O)C1C(C)CC2C3CC=C4CC(OC(=O)CC[NH+]5CCOCC5)CCC4(C)C3CCC21C. The number of fused-ring (bicyclic) bond motifs is 5. The van der Waals surface area contributed by atoms with Gasteiger partial charge in [-0.15, -0.1) is 0 Å². The molecule has 0 radical (unpaired) electrons. The predicted octanol–water partition coefficient (Wildman–Crippen LogP) is 3.62. The Bertz CT molecular complexity index is 832. The van der Waals surface area contributed by atoms with E-state index in [4.69, 9.17) is 9.47 Å². The van der Waals surface area contributed by atoms with Crippen molar-refractivity contribution in [2.45, 2.75) is 85.2 Å². The molecule has 4 aliphatic carbocycles. The number of hydrogen-bond acceptors (Lipinski definition) is 4. The van der Waals surface area contributed by atoms with Crippen LogP contribution < -0.4 is 4.90 Å². The van der Waals surface area contributed by atoms with E-state index in [1.807, 2.05) is 6.92 Å². The van der Waals surface area contributed by atoms with Crippen LogP contribution in [0.25, 0.3) is 0 Å². The van der Waals surface area contributed by atoms with Gasteiger partial charge in [0, 0.05) is 12.3 Å². The number of morpholine rings is 1. The number of quaternary nitrogens is 1. The fourth-order valence-electron chi connectivity index (χ4n) is 9.39. The van der Waals surface area contributed by atoms with E-state index in [0.29, 0.717) is 35.9 Å². The Balaban J connectivity index is 1.22. The minimum absolute atomic E-state index is 0.0227. The van der Waals surface area contributed by atoms with Crippen molar-refractivity contribution < 1.29 is 24.0 Å². The largest absolute Gasteiger partial charge is 0.462 e. The zero-order chi connectivity index (χ0) is 24.1. The normalized spacial score (nSPS) is 44.4. The summed E-state index contributed by atoms with van der Waals surface area (Å²) >= 11 is 0. The number of carbonyl (C=O) groups excluding carboxylic acids is 2. The molecule has 0 bridgehead atoms. The molecule has 190 valence electrons. The first-order valence-electron chi connectivity index (χ1n) is 14.0. The van der Waals surface area contributed by atoms with Crippen LogP contribution >= 0.6 is 0 Å². The van der Waals surface area contributed by atoms with Gasteiger partial charge in [0.15, 0.2) is 0 Å². The summed E-state index contributed by atoms with van der Waals surface area (Å²) in [7, 11) is 0. The van der Waals surface area contributed by atoms with Crippen molar-refractivity contribution in [3.63, 3.8) is 0 Å². The third kappa shape index (κ3) is 4.19. The fraction of sp³-hybridized carbons (Fsp3) is 0.862. The highest BCUT2D eigenvalue weighted by Crippen LogP contribution is 2.67. The van der Waals surface area contributed by atoms with Gasteiger partial charge in [-0.3, -0.25) is 9.59 Å². The van der Waals surface area contributed by atoms with Gasteiger partial charge in [0.2, 0.25) is 0 Å². The lowest BCUT2D eigenvalue weighted by molar-refractivity contribution is -0.907. The molecule has 5 nitrogen and oxygen atoms in total. The molecule has 5 heteroatoms. The minimum atomic E-state index is -0.0227. The van der Waals surface area contributed by atoms with Crippen LogP contribution in [0.1, 0.15) is 79.1 Å². The highest BCUT2D eigenvalue weighted by molar-refractivity contribution is 5.80. The van der Waals surface area contributed by atoms with Crippen LogP contribution in [0.15, 0.2) is 11.6 Å². The molecule has 1 aliphatic heterocycles. The molecule has 5 aliphatic rings. The zero-order valence-corrected chi connectivity index (χ0v) is 21.9. The van der Waals surface area contributed by atoms with Crippen LogP contribution in [0.3, 0.4) is 0 Å². The molecule has 1 saturated heterocycles. The molecule has 8 unspecified atom stereocenters. The summed E-state index contributed by atoms with van der Waals surface area (Å²) in [5, 5.41) is 0. The second kappa shape index (κ2) is 9.35. The van der Waals surface area contributed by atoms with Gasteiger partial charge in [0.05, 0.1) is 26.2 Å². The third-order valence-corrected chi connectivity index (χ3v) is 11.0. The van der Waals surface area contributed by atoms with Gasteiger partial charge in [0.25, 0.3) is 0 Å². The summed E-state index contributed by atoms with van der Waals surface area (Å²) < 4.78 is 11.4. The van der Waals surface area contributed by atoms with Crippen molar-refractivity contribution in [1.29, 1.82) is 0 Å². The Labute approximate surface area is 206 Å². The average Bonchev–Trinajstić information content (AvgIpc) is 3.08. The van der Waals surface area contributed by atoms with E-state index < -0.39 is 0 Å². The number of Topliss-reactive ketones (excluding diaryl/α,β-unsaturated/α-hetero) is 1. The number of nitrogens with one attached hydrogen (secondary N) is 1. The standard InChI is InChI=1S/C29H45NO4/c1-19-17-25-23-6-5-21-18-22(34-26(32)9-12-30-13-15-33-16-14-30)7-10-28(21,3)24(23)8-11-29(25,4)27(19)20(2)31/h5,19,22-25,27H,6-18H2,1-4H3/p+1. The van der Waals surface area contributed by atoms with E-state index in [9.17, 15) is 9.59 Å². The molecule has 1 N–H and O–H groups in total. The molecule has 4 fully saturated rings. The number of ketones is 1. The summed E-state index contributed by atoms with van der Waals surface area (Å²) in [5.41, 5.74) is 1.97. The van der Waals surface area contributed by atoms with E-state index in [-0.39, 0.29) is 28.8 Å². The summed E-state index contributed by atoms with van der Waals surface area (Å²) in [5.74, 6) is 3.23. The molecule has 5 rings (SSSR count). The van der Waals surface area contributed by atoms with Crippen LogP contribution in [0, 0.1) is 40.4 Å². The number of rotatable bonds is 5. The lowest BCUT2D eigenvalue weighted by Crippen LogP contribution is -3.14. The zero-order valence-electron chi connectivity index (χ0n) is 21.9. The maximum absolute atomic E-state index is 12.6. The van der Waals surface area contributed by atoms with Gasteiger partial charge in [-0.2, -0.15) is 0 Å². The average molecular weight is 473 g/mol. The van der Waals surface area contributed by atoms with Gasteiger partial charge in [0.1, 0.15) is 25.0 Å². The van der Waals surface area contributed by atoms with E-state index in [1.165, 1.54) is 24.2 Å². The highest BCUT2D eigenvalue weighted by Gasteiger charge is 2.61. The topological polar surface area (TPSA) is 57.0 Å². The molecular weight excluding hydrogens is 426 g/mol. The van der Waals surface area contributed by atoms with Crippen molar-refractivity contribution >= 4 is 11.8 Å². The van der Waals surface area contributed by atoms with Crippen molar-refractivity contribution in [3.05, 3.63) is 11.6 Å². The van der Waals surface area contributed by atoms with Crippen LogP contribution in [0.5, 0.6) is 0 Å². The summed E-state index contributed by atoms with van der Waals surface area (Å²) in [6, 6.07) is 0. The second-order valence-electron chi connectivity index (χ2n) is 12.8. The Morgan fingerprint density at radius 1 is 1.15 bits per heavy atom. The van der Waals surface area contributed by atoms with Crippen molar-refractivity contribution in [1.82, 2.24) is 0 Å². The van der Waals surface area contributed by atoms with Gasteiger partial charge in [-0.1, -0.05) is 32.4 Å². The van der Waals surface area contributed by atoms with Gasteiger partial charge in [-0.25, -0.2) is 0 Å². The molecule has 0 aromatic rings. The molecule has 0 aromatic carbocycles. The molecule has 34 heavy (non-hydrogen) atoms. The van der Waals surface area contributed by atoms with Gasteiger partial charge in [-0.05, 0) is 80.0 Å². The van der Waals surface area contributed by atoms with Gasteiger partial charge >= 0.3 is 5.97 Å².